The molecule has 0 aliphatic carbocycles. The summed E-state index contributed by atoms with van der Waals surface area (Å²) in [6.45, 7) is 4.01. The zero-order valence-electron chi connectivity index (χ0n) is 14.4. The first-order valence-corrected chi connectivity index (χ1v) is 8.74. The molecule has 2 heterocycles. The Labute approximate surface area is 144 Å². The molecule has 1 fully saturated rings. The second-order valence-electron chi connectivity index (χ2n) is 6.62. The van der Waals surface area contributed by atoms with Crippen molar-refractivity contribution < 1.29 is 4.74 Å². The van der Waals surface area contributed by atoms with Gasteiger partial charge in [-0.3, -0.25) is 4.98 Å². The average Bonchev–Trinajstić information content (AvgIpc) is 2.63. The zero-order chi connectivity index (χ0) is 16.7. The fourth-order valence-electron chi connectivity index (χ4n) is 3.43. The van der Waals surface area contributed by atoms with Gasteiger partial charge in [0.05, 0.1) is 12.1 Å². The highest BCUT2D eigenvalue weighted by atomic mass is 16.5. The summed E-state index contributed by atoms with van der Waals surface area (Å²) in [6, 6.07) is 16.6. The van der Waals surface area contributed by atoms with Crippen LogP contribution in [-0.4, -0.2) is 48.8 Å². The molecule has 128 valence electrons. The van der Waals surface area contributed by atoms with Gasteiger partial charge in [-0.05, 0) is 37.1 Å². The number of piperidine rings is 1. The van der Waals surface area contributed by atoms with Gasteiger partial charge in [0.2, 0.25) is 0 Å². The summed E-state index contributed by atoms with van der Waals surface area (Å²) in [5.74, 6) is 0. The quantitative estimate of drug-likeness (QED) is 0.848. The maximum absolute atomic E-state index is 5.53. The predicted molar refractivity (Wildman–Crippen MR) is 98.3 cm³/mol. The molecule has 0 radical (unpaired) electrons. The number of para-hydroxylation sites is 1. The third kappa shape index (κ3) is 4.56. The molecular weight excluding hydrogens is 298 g/mol. The maximum atomic E-state index is 5.53. The first kappa shape index (κ1) is 16.9. The fourth-order valence-corrected chi connectivity index (χ4v) is 3.43. The Morgan fingerprint density at radius 1 is 1.08 bits per heavy atom. The number of nitrogens with one attached hydrogen (secondary N) is 1. The number of likely N-dealkylation sites (tertiary alicyclic amines) is 1. The van der Waals surface area contributed by atoms with E-state index in [0.29, 0.717) is 0 Å². The summed E-state index contributed by atoms with van der Waals surface area (Å²) in [5.41, 5.74) is 2.39. The van der Waals surface area contributed by atoms with Gasteiger partial charge in [-0.1, -0.05) is 24.3 Å². The van der Waals surface area contributed by atoms with E-state index in [2.05, 4.69) is 51.6 Å². The summed E-state index contributed by atoms with van der Waals surface area (Å²) in [7, 11) is 1.79. The molecule has 24 heavy (non-hydrogen) atoms. The molecule has 0 unspecified atom stereocenters. The van der Waals surface area contributed by atoms with Crippen LogP contribution >= 0.6 is 0 Å². The van der Waals surface area contributed by atoms with E-state index >= 15 is 0 Å². The van der Waals surface area contributed by atoms with Crippen molar-refractivity contribution >= 4 is 5.69 Å². The van der Waals surface area contributed by atoms with E-state index in [4.69, 9.17) is 4.74 Å². The Balaban J connectivity index is 1.54. The number of hydrogen-bond donors (Lipinski definition) is 1. The molecule has 0 saturated carbocycles. The largest absolute Gasteiger partial charge is 0.382 e. The van der Waals surface area contributed by atoms with Gasteiger partial charge in [-0.15, -0.1) is 0 Å². The van der Waals surface area contributed by atoms with Crippen molar-refractivity contribution in [2.75, 3.05) is 38.7 Å². The summed E-state index contributed by atoms with van der Waals surface area (Å²) < 4.78 is 5.53. The molecule has 0 amide bonds. The van der Waals surface area contributed by atoms with Crippen LogP contribution in [0, 0.1) is 0 Å². The molecule has 1 saturated heterocycles. The Bertz CT molecular complexity index is 595. The van der Waals surface area contributed by atoms with Crippen molar-refractivity contribution in [3.63, 3.8) is 0 Å². The number of nitrogens with zero attached hydrogens (tertiary/aromatic N) is 2. The van der Waals surface area contributed by atoms with E-state index in [0.717, 1.165) is 45.5 Å². The molecule has 1 aromatic heterocycles. The summed E-state index contributed by atoms with van der Waals surface area (Å²) >= 11 is 0. The van der Waals surface area contributed by atoms with Gasteiger partial charge >= 0.3 is 0 Å². The average molecular weight is 325 g/mol. The van der Waals surface area contributed by atoms with Crippen LogP contribution < -0.4 is 5.32 Å². The molecule has 4 nitrogen and oxygen atoms in total. The van der Waals surface area contributed by atoms with Crippen LogP contribution in [0.2, 0.25) is 0 Å². The monoisotopic (exact) mass is 325 g/mol. The van der Waals surface area contributed by atoms with Gasteiger partial charge in [0.15, 0.2) is 0 Å². The van der Waals surface area contributed by atoms with Gasteiger partial charge in [0, 0.05) is 50.7 Å². The fraction of sp³-hybridized carbons (Fsp3) is 0.450. The minimum atomic E-state index is 0.0393. The maximum Gasteiger partial charge on any atom is 0.0693 e. The molecule has 3 rings (SSSR count). The molecule has 0 bridgehead atoms. The number of aromatic nitrogens is 1. The minimum Gasteiger partial charge on any atom is -0.382 e. The van der Waals surface area contributed by atoms with E-state index in [1.165, 1.54) is 11.4 Å². The Hall–Kier alpha value is -1.91. The number of pyridine rings is 1. The van der Waals surface area contributed by atoms with E-state index in [-0.39, 0.29) is 5.54 Å². The van der Waals surface area contributed by atoms with Crippen LogP contribution in [-0.2, 0) is 11.2 Å². The normalized spacial score (nSPS) is 17.5. The van der Waals surface area contributed by atoms with Gasteiger partial charge in [0.25, 0.3) is 0 Å². The number of anilines is 1. The molecule has 1 N–H and O–H groups in total. The van der Waals surface area contributed by atoms with Gasteiger partial charge in [-0.2, -0.15) is 0 Å². The lowest BCUT2D eigenvalue weighted by molar-refractivity contribution is 0.0890. The molecule has 0 atom stereocenters. The summed E-state index contributed by atoms with van der Waals surface area (Å²) in [5, 5.41) is 3.73. The molecule has 1 aromatic carbocycles. The molecule has 4 heteroatoms. The molecule has 1 aliphatic heterocycles. The summed E-state index contributed by atoms with van der Waals surface area (Å²) in [4.78, 5) is 6.95. The van der Waals surface area contributed by atoms with Crippen molar-refractivity contribution in [2.24, 2.45) is 0 Å². The highest BCUT2D eigenvalue weighted by Crippen LogP contribution is 2.27. The van der Waals surface area contributed by atoms with Crippen LogP contribution in [0.1, 0.15) is 18.5 Å². The SMILES string of the molecule is COCC1(Nc2ccccc2)CCN(CCc2ccccn2)CC1. The van der Waals surface area contributed by atoms with Crippen molar-refractivity contribution in [1.29, 1.82) is 0 Å². The lowest BCUT2D eigenvalue weighted by atomic mass is 9.87. The second kappa shape index (κ2) is 8.27. The zero-order valence-corrected chi connectivity index (χ0v) is 14.4. The number of rotatable bonds is 7. The van der Waals surface area contributed by atoms with Crippen molar-refractivity contribution in [3.8, 4) is 0 Å². The minimum absolute atomic E-state index is 0.0393. The third-order valence-electron chi connectivity index (χ3n) is 4.83. The number of benzene rings is 1. The van der Waals surface area contributed by atoms with E-state index in [1.54, 1.807) is 7.11 Å². The van der Waals surface area contributed by atoms with E-state index in [1.807, 2.05) is 18.3 Å². The first-order chi connectivity index (χ1) is 11.8. The van der Waals surface area contributed by atoms with Crippen LogP contribution in [0.5, 0.6) is 0 Å². The lowest BCUT2D eigenvalue weighted by Gasteiger charge is -2.42. The predicted octanol–water partition coefficient (Wildman–Crippen LogP) is 3.22. The molecule has 0 spiro atoms. The number of ether oxygens (including phenoxy) is 1. The smallest absolute Gasteiger partial charge is 0.0693 e. The summed E-state index contributed by atoms with van der Waals surface area (Å²) in [6.07, 6.45) is 5.08. The van der Waals surface area contributed by atoms with E-state index < -0.39 is 0 Å². The third-order valence-corrected chi connectivity index (χ3v) is 4.83. The molecule has 2 aromatic rings. The van der Waals surface area contributed by atoms with Gasteiger partial charge in [-0.25, -0.2) is 0 Å². The van der Waals surface area contributed by atoms with Crippen LogP contribution in [0.4, 0.5) is 5.69 Å². The van der Waals surface area contributed by atoms with Crippen LogP contribution in [0.25, 0.3) is 0 Å². The van der Waals surface area contributed by atoms with Crippen LogP contribution in [0.15, 0.2) is 54.7 Å². The highest BCUT2D eigenvalue weighted by Gasteiger charge is 2.34. The van der Waals surface area contributed by atoms with Crippen molar-refractivity contribution in [3.05, 3.63) is 60.4 Å². The van der Waals surface area contributed by atoms with Crippen LogP contribution in [0.3, 0.4) is 0 Å². The number of methoxy groups -OCH3 is 1. The first-order valence-electron chi connectivity index (χ1n) is 8.74. The van der Waals surface area contributed by atoms with Crippen molar-refractivity contribution in [1.82, 2.24) is 9.88 Å². The second-order valence-corrected chi connectivity index (χ2v) is 6.62. The van der Waals surface area contributed by atoms with Gasteiger partial charge < -0.3 is 15.0 Å². The Morgan fingerprint density at radius 2 is 1.83 bits per heavy atom. The number of hydrogen-bond acceptors (Lipinski definition) is 4. The topological polar surface area (TPSA) is 37.4 Å². The Kier molecular flexibility index (Phi) is 5.83. The molecular formula is C20H27N3O. The van der Waals surface area contributed by atoms with E-state index in [9.17, 15) is 0 Å². The lowest BCUT2D eigenvalue weighted by Crippen LogP contribution is -2.52. The molecule has 1 aliphatic rings. The van der Waals surface area contributed by atoms with Crippen molar-refractivity contribution in [2.45, 2.75) is 24.8 Å². The Morgan fingerprint density at radius 3 is 2.50 bits per heavy atom. The highest BCUT2D eigenvalue weighted by molar-refractivity contribution is 5.45. The standard InChI is InChI=1S/C20H27N3O/c1-24-17-20(22-19-8-3-2-4-9-19)11-15-23(16-12-20)14-10-18-7-5-6-13-21-18/h2-9,13,22H,10-12,14-17H2,1H3. The van der Waals surface area contributed by atoms with Gasteiger partial charge in [0.1, 0.15) is 0 Å².